The second kappa shape index (κ2) is 9.07. The van der Waals surface area contributed by atoms with Crippen molar-refractivity contribution in [1.82, 2.24) is 4.90 Å². The number of esters is 1. The molecule has 3 heteroatoms. The summed E-state index contributed by atoms with van der Waals surface area (Å²) in [5, 5.41) is 0. The van der Waals surface area contributed by atoms with Crippen LogP contribution in [-0.2, 0) is 17.6 Å². The molecule has 0 spiro atoms. The number of aryl methyl sites for hydroxylation is 1. The van der Waals surface area contributed by atoms with Crippen LogP contribution in [0.4, 0.5) is 0 Å². The monoisotopic (exact) mass is 317 g/mol. The summed E-state index contributed by atoms with van der Waals surface area (Å²) in [5.74, 6) is 0.681. The molecule has 0 bridgehead atoms. The Kier molecular flexibility index (Phi) is 7.10. The Bertz CT molecular complexity index is 506. The molecule has 0 saturated heterocycles. The van der Waals surface area contributed by atoms with Crippen LogP contribution in [-0.4, -0.2) is 30.0 Å². The van der Waals surface area contributed by atoms with Crippen LogP contribution in [0.3, 0.4) is 0 Å². The van der Waals surface area contributed by atoms with E-state index in [0.29, 0.717) is 12.5 Å². The highest BCUT2D eigenvalue weighted by Gasteiger charge is 2.26. The molecule has 1 aliphatic rings. The van der Waals surface area contributed by atoms with Crippen molar-refractivity contribution >= 4 is 5.97 Å². The minimum Gasteiger partial charge on any atom is -0.426 e. The van der Waals surface area contributed by atoms with Gasteiger partial charge in [-0.2, -0.15) is 0 Å². The van der Waals surface area contributed by atoms with Gasteiger partial charge in [-0.05, 0) is 68.8 Å². The van der Waals surface area contributed by atoms with E-state index < -0.39 is 0 Å². The molecular formula is C20H31NO2. The third-order valence-corrected chi connectivity index (χ3v) is 4.63. The maximum atomic E-state index is 11.9. The van der Waals surface area contributed by atoms with Crippen molar-refractivity contribution < 1.29 is 9.53 Å². The first kappa shape index (κ1) is 18.0. The molecule has 1 atom stereocenters. The molecule has 0 aliphatic heterocycles. The number of ether oxygens (including phenoxy) is 1. The number of nitrogens with zero attached hydrogens (tertiary/aromatic N) is 1. The number of benzene rings is 1. The molecule has 0 radical (unpaired) electrons. The zero-order chi connectivity index (χ0) is 16.7. The lowest BCUT2D eigenvalue weighted by Crippen LogP contribution is -2.40. The summed E-state index contributed by atoms with van der Waals surface area (Å²) in [5.41, 5.74) is 2.61. The molecule has 3 nitrogen and oxygen atoms in total. The van der Waals surface area contributed by atoms with Gasteiger partial charge in [-0.1, -0.05) is 32.9 Å². The third-order valence-electron chi connectivity index (χ3n) is 4.63. The Morgan fingerprint density at radius 1 is 1.17 bits per heavy atom. The topological polar surface area (TPSA) is 29.5 Å². The van der Waals surface area contributed by atoms with Crippen LogP contribution >= 0.6 is 0 Å². The van der Waals surface area contributed by atoms with Crippen LogP contribution in [0.2, 0.25) is 0 Å². The van der Waals surface area contributed by atoms with Gasteiger partial charge in [-0.15, -0.1) is 0 Å². The van der Waals surface area contributed by atoms with Crippen molar-refractivity contribution in [2.45, 2.75) is 71.8 Å². The van der Waals surface area contributed by atoms with E-state index in [2.05, 4.69) is 24.8 Å². The Morgan fingerprint density at radius 3 is 2.57 bits per heavy atom. The fourth-order valence-corrected chi connectivity index (χ4v) is 3.57. The summed E-state index contributed by atoms with van der Waals surface area (Å²) in [6.07, 6.45) is 7.00. The molecule has 23 heavy (non-hydrogen) atoms. The summed E-state index contributed by atoms with van der Waals surface area (Å²) < 4.78 is 5.64. The van der Waals surface area contributed by atoms with E-state index in [1.54, 1.807) is 0 Å². The van der Waals surface area contributed by atoms with E-state index in [4.69, 9.17) is 4.74 Å². The first-order valence-electron chi connectivity index (χ1n) is 9.25. The van der Waals surface area contributed by atoms with Crippen molar-refractivity contribution in [3.05, 3.63) is 29.3 Å². The zero-order valence-electron chi connectivity index (χ0n) is 14.9. The molecule has 0 heterocycles. The Morgan fingerprint density at radius 2 is 1.91 bits per heavy atom. The molecule has 0 fully saturated rings. The molecule has 0 aromatic heterocycles. The van der Waals surface area contributed by atoms with Gasteiger partial charge in [0.05, 0.1) is 0 Å². The highest BCUT2D eigenvalue weighted by molar-refractivity contribution is 5.73. The van der Waals surface area contributed by atoms with E-state index in [-0.39, 0.29) is 5.97 Å². The molecule has 1 aliphatic carbocycles. The van der Waals surface area contributed by atoms with Gasteiger partial charge >= 0.3 is 5.97 Å². The van der Waals surface area contributed by atoms with Gasteiger partial charge in [0, 0.05) is 12.5 Å². The molecule has 1 aromatic rings. The molecule has 128 valence electrons. The predicted octanol–water partition coefficient (Wildman–Crippen LogP) is 4.37. The van der Waals surface area contributed by atoms with E-state index in [9.17, 15) is 4.79 Å². The van der Waals surface area contributed by atoms with Gasteiger partial charge in [-0.3, -0.25) is 4.79 Å². The van der Waals surface area contributed by atoms with Crippen molar-refractivity contribution in [2.75, 3.05) is 13.1 Å². The van der Waals surface area contributed by atoms with Crippen molar-refractivity contribution in [2.24, 2.45) is 0 Å². The summed E-state index contributed by atoms with van der Waals surface area (Å²) in [7, 11) is 0. The molecule has 1 aromatic carbocycles. The fraction of sp³-hybridized carbons (Fsp3) is 0.650. The van der Waals surface area contributed by atoms with E-state index >= 15 is 0 Å². The predicted molar refractivity (Wildman–Crippen MR) is 95.0 cm³/mol. The smallest absolute Gasteiger partial charge is 0.311 e. The van der Waals surface area contributed by atoms with Crippen LogP contribution in [0.1, 0.15) is 64.0 Å². The quantitative estimate of drug-likeness (QED) is 0.526. The molecule has 0 N–H and O–H groups in total. The van der Waals surface area contributed by atoms with E-state index in [1.807, 2.05) is 19.1 Å². The maximum Gasteiger partial charge on any atom is 0.311 e. The lowest BCUT2D eigenvalue weighted by Gasteiger charge is -2.35. The van der Waals surface area contributed by atoms with E-state index in [0.717, 1.165) is 38.1 Å². The van der Waals surface area contributed by atoms with Crippen molar-refractivity contribution in [1.29, 1.82) is 0 Å². The number of fused-ring (bicyclic) bond motifs is 1. The average molecular weight is 317 g/mol. The number of carbonyl (C=O) groups excluding carboxylic acids is 1. The average Bonchev–Trinajstić information content (AvgIpc) is 2.55. The Labute approximate surface area is 141 Å². The number of rotatable bonds is 8. The summed E-state index contributed by atoms with van der Waals surface area (Å²) in [6, 6.07) is 6.74. The molecule has 2 rings (SSSR count). The third kappa shape index (κ3) is 4.81. The first-order valence-corrected chi connectivity index (χ1v) is 9.25. The fourth-order valence-electron chi connectivity index (χ4n) is 3.57. The lowest BCUT2D eigenvalue weighted by atomic mass is 9.86. The summed E-state index contributed by atoms with van der Waals surface area (Å²) in [6.45, 7) is 8.82. The van der Waals surface area contributed by atoms with Gasteiger partial charge in [0.1, 0.15) is 5.75 Å². The summed E-state index contributed by atoms with van der Waals surface area (Å²) >= 11 is 0. The minimum absolute atomic E-state index is 0.109. The van der Waals surface area contributed by atoms with Crippen molar-refractivity contribution in [3.8, 4) is 5.75 Å². The van der Waals surface area contributed by atoms with Gasteiger partial charge in [-0.25, -0.2) is 0 Å². The van der Waals surface area contributed by atoms with E-state index in [1.165, 1.54) is 30.4 Å². The van der Waals surface area contributed by atoms with Gasteiger partial charge in [0.15, 0.2) is 0 Å². The van der Waals surface area contributed by atoms with Crippen molar-refractivity contribution in [3.63, 3.8) is 0 Å². The van der Waals surface area contributed by atoms with Gasteiger partial charge in [0.2, 0.25) is 0 Å². The zero-order valence-corrected chi connectivity index (χ0v) is 14.9. The molecule has 0 amide bonds. The SMILES string of the molecule is CCCC(=O)Oc1cccc2c1CC(N(CCC)CCC)CC2. The number of hydrogen-bond donors (Lipinski definition) is 0. The van der Waals surface area contributed by atoms with Gasteiger partial charge in [0.25, 0.3) is 0 Å². The highest BCUT2D eigenvalue weighted by Crippen LogP contribution is 2.32. The molecular weight excluding hydrogens is 286 g/mol. The minimum atomic E-state index is -0.109. The number of carbonyl (C=O) groups is 1. The van der Waals surface area contributed by atoms with Crippen LogP contribution in [0.5, 0.6) is 5.75 Å². The normalized spacial score (nSPS) is 17.1. The van der Waals surface area contributed by atoms with Crippen LogP contribution in [0, 0.1) is 0 Å². The Balaban J connectivity index is 2.15. The standard InChI is InChI=1S/C20H31NO2/c1-4-8-20(22)23-19-10-7-9-16-11-12-17(15-18(16)19)21(13-5-2)14-6-3/h7,9-10,17H,4-6,8,11-15H2,1-3H3. The van der Waals surface area contributed by atoms with Gasteiger partial charge < -0.3 is 9.64 Å². The van der Waals surface area contributed by atoms with Crippen LogP contribution < -0.4 is 4.74 Å². The lowest BCUT2D eigenvalue weighted by molar-refractivity contribution is -0.134. The Hall–Kier alpha value is -1.35. The first-order chi connectivity index (χ1) is 11.2. The summed E-state index contributed by atoms with van der Waals surface area (Å²) in [4.78, 5) is 14.5. The maximum absolute atomic E-state index is 11.9. The highest BCUT2D eigenvalue weighted by atomic mass is 16.5. The second-order valence-corrected chi connectivity index (χ2v) is 6.55. The molecule has 0 saturated carbocycles. The molecule has 1 unspecified atom stereocenters. The largest absolute Gasteiger partial charge is 0.426 e. The second-order valence-electron chi connectivity index (χ2n) is 6.55. The van der Waals surface area contributed by atoms with Crippen LogP contribution in [0.25, 0.3) is 0 Å². The number of hydrogen-bond acceptors (Lipinski definition) is 3. The van der Waals surface area contributed by atoms with Crippen LogP contribution in [0.15, 0.2) is 18.2 Å².